The van der Waals surface area contributed by atoms with Crippen LogP contribution in [-0.2, 0) is 59.7 Å². The maximum Gasteiger partial charge on any atom is 0.421 e. The second-order valence-electron chi connectivity index (χ2n) is 13.2. The van der Waals surface area contributed by atoms with Crippen molar-refractivity contribution in [3.63, 3.8) is 0 Å². The van der Waals surface area contributed by atoms with Crippen LogP contribution in [0.5, 0.6) is 0 Å². The van der Waals surface area contributed by atoms with E-state index in [1.165, 1.54) is 6.92 Å². The number of hydrogen-bond acceptors (Lipinski definition) is 14. The molecule has 0 saturated heterocycles. The van der Waals surface area contributed by atoms with E-state index in [4.69, 9.17) is 24.7 Å². The van der Waals surface area contributed by atoms with E-state index in [9.17, 15) is 46.8 Å². The summed E-state index contributed by atoms with van der Waals surface area (Å²) in [7, 11) is -4.28. The molecule has 1 aromatic rings. The lowest BCUT2D eigenvalue weighted by molar-refractivity contribution is -0.144. The highest BCUT2D eigenvalue weighted by molar-refractivity contribution is 7.88. The van der Waals surface area contributed by atoms with Gasteiger partial charge in [-0.05, 0) is 56.2 Å². The van der Waals surface area contributed by atoms with E-state index in [1.54, 1.807) is 49.8 Å². The number of anilines is 1. The number of nitrogens with two attached hydrogens (primary N) is 1. The minimum atomic E-state index is -4.28. The molecule has 0 aliphatic heterocycles. The van der Waals surface area contributed by atoms with E-state index >= 15 is 0 Å². The van der Waals surface area contributed by atoms with Gasteiger partial charge < -0.3 is 56.1 Å². The molecular weight excluding hydrogens is 801 g/mol. The number of ether oxygens (including phenoxy) is 4. The van der Waals surface area contributed by atoms with Crippen LogP contribution in [0.25, 0.3) is 0 Å². The van der Waals surface area contributed by atoms with Gasteiger partial charge in [-0.15, -0.1) is 0 Å². The molecule has 0 aliphatic carbocycles. The molecule has 0 unspecified atom stereocenters. The number of carbonyl (C=O) groups excluding carboxylic acids is 8. The zero-order valence-electron chi connectivity index (χ0n) is 33.8. The summed E-state index contributed by atoms with van der Waals surface area (Å²) in [4.78, 5) is 96.1. The average molecular weight is 859 g/mol. The molecule has 0 heterocycles. The van der Waals surface area contributed by atoms with Gasteiger partial charge in [0, 0.05) is 44.6 Å². The summed E-state index contributed by atoms with van der Waals surface area (Å²) >= 11 is 0. The van der Waals surface area contributed by atoms with Crippen LogP contribution in [0, 0.1) is 5.92 Å². The van der Waals surface area contributed by atoms with Crippen LogP contribution in [-0.4, -0.2) is 114 Å². The smallest absolute Gasteiger partial charge is 0.421 e. The predicted octanol–water partition coefficient (Wildman–Crippen LogP) is 0.605. The Hall–Kier alpha value is -5.55. The number of benzene rings is 1. The molecule has 59 heavy (non-hydrogen) atoms. The molecule has 1 aromatic carbocycles. The zero-order chi connectivity index (χ0) is 44.2. The van der Waals surface area contributed by atoms with E-state index in [0.29, 0.717) is 24.1 Å². The monoisotopic (exact) mass is 858 g/mol. The first-order valence-corrected chi connectivity index (χ1v) is 20.5. The third kappa shape index (κ3) is 25.4. The SMILES string of the molecule is CCC(=O)OCc1ccc(NC(=O)[C@@H](CCCNC(N)=O)NC(=O)[C@H](NC(=O)OCCOCCNS(=O)(=O)NC(=O)OCCCNC(=O)CCCC(C)=O)C(C)C)cc1. The van der Waals surface area contributed by atoms with Gasteiger partial charge in [-0.1, -0.05) is 32.9 Å². The maximum absolute atomic E-state index is 13.3. The first-order chi connectivity index (χ1) is 27.9. The Morgan fingerprint density at radius 1 is 0.746 bits per heavy atom. The van der Waals surface area contributed by atoms with Crippen LogP contribution < -0.4 is 41.8 Å². The Morgan fingerprint density at radius 2 is 1.42 bits per heavy atom. The second kappa shape index (κ2) is 28.8. The van der Waals surface area contributed by atoms with E-state index in [0.717, 1.165) is 0 Å². The largest absolute Gasteiger partial charge is 0.461 e. The molecule has 0 bridgehead atoms. The van der Waals surface area contributed by atoms with Crippen LogP contribution in [0.1, 0.15) is 78.2 Å². The Bertz CT molecular complexity index is 1640. The number of primary amides is 1. The lowest BCUT2D eigenvalue weighted by Gasteiger charge is -2.25. The molecule has 0 aromatic heterocycles. The summed E-state index contributed by atoms with van der Waals surface area (Å²) in [5.41, 5.74) is 6.22. The summed E-state index contributed by atoms with van der Waals surface area (Å²) in [6, 6.07) is 3.57. The molecule has 2 atom stereocenters. The summed E-state index contributed by atoms with van der Waals surface area (Å²) in [6.45, 7) is 5.83. The fourth-order valence-electron chi connectivity index (χ4n) is 4.70. The van der Waals surface area contributed by atoms with Gasteiger partial charge in [0.05, 0.1) is 19.8 Å². The van der Waals surface area contributed by atoms with Crippen molar-refractivity contribution >= 4 is 63.6 Å². The van der Waals surface area contributed by atoms with Crippen LogP contribution in [0.3, 0.4) is 0 Å². The minimum absolute atomic E-state index is 0.0113. The molecule has 7 amide bonds. The van der Waals surface area contributed by atoms with Gasteiger partial charge in [-0.25, -0.2) is 19.1 Å². The molecule has 0 radical (unpaired) electrons. The van der Waals surface area contributed by atoms with Crippen molar-refractivity contribution in [1.82, 2.24) is 30.7 Å². The van der Waals surface area contributed by atoms with Crippen molar-refractivity contribution in [2.75, 3.05) is 51.4 Å². The van der Waals surface area contributed by atoms with Gasteiger partial charge in [0.2, 0.25) is 17.7 Å². The number of nitrogens with one attached hydrogen (secondary N) is 7. The molecular formula is C36H58N8O14S. The summed E-state index contributed by atoms with van der Waals surface area (Å²) in [5.74, 6) is -2.33. The predicted molar refractivity (Wildman–Crippen MR) is 211 cm³/mol. The minimum Gasteiger partial charge on any atom is -0.461 e. The fourth-order valence-corrected chi connectivity index (χ4v) is 5.40. The van der Waals surface area contributed by atoms with Crippen LogP contribution >= 0.6 is 0 Å². The first kappa shape index (κ1) is 51.5. The number of rotatable bonds is 29. The number of amides is 7. The molecule has 0 aliphatic rings. The van der Waals surface area contributed by atoms with Gasteiger partial charge in [-0.2, -0.15) is 13.1 Å². The van der Waals surface area contributed by atoms with Gasteiger partial charge in [0.1, 0.15) is 31.1 Å². The lowest BCUT2D eigenvalue weighted by Crippen LogP contribution is -2.54. The quantitative estimate of drug-likeness (QED) is 0.0311. The Labute approximate surface area is 343 Å². The number of alkyl carbamates (subject to hydrolysis) is 1. The maximum atomic E-state index is 13.3. The normalized spacial score (nSPS) is 11.9. The van der Waals surface area contributed by atoms with Crippen molar-refractivity contribution in [3.05, 3.63) is 29.8 Å². The van der Waals surface area contributed by atoms with Crippen molar-refractivity contribution in [1.29, 1.82) is 0 Å². The van der Waals surface area contributed by atoms with Crippen molar-refractivity contribution < 1.29 is 65.7 Å². The number of esters is 1. The summed E-state index contributed by atoms with van der Waals surface area (Å²) in [6.07, 6.45) is -0.440. The number of ketones is 1. The molecule has 1 rings (SSSR count). The van der Waals surface area contributed by atoms with Gasteiger partial charge in [0.15, 0.2) is 0 Å². The van der Waals surface area contributed by atoms with Crippen molar-refractivity contribution in [2.24, 2.45) is 11.7 Å². The third-order valence-corrected chi connectivity index (χ3v) is 8.78. The Kier molecular flexibility index (Phi) is 25.1. The first-order valence-electron chi connectivity index (χ1n) is 19.0. The number of carbonyl (C=O) groups is 8. The molecule has 332 valence electrons. The highest BCUT2D eigenvalue weighted by Crippen LogP contribution is 2.13. The third-order valence-electron chi connectivity index (χ3n) is 7.76. The van der Waals surface area contributed by atoms with E-state index in [2.05, 4.69) is 31.3 Å². The molecule has 22 nitrogen and oxygen atoms in total. The van der Waals surface area contributed by atoms with Crippen LogP contribution in [0.4, 0.5) is 20.1 Å². The molecule has 0 spiro atoms. The van der Waals surface area contributed by atoms with Crippen LogP contribution in [0.2, 0.25) is 0 Å². The second-order valence-corrected chi connectivity index (χ2v) is 14.7. The highest BCUT2D eigenvalue weighted by Gasteiger charge is 2.29. The number of hydrogen-bond donors (Lipinski definition) is 8. The van der Waals surface area contributed by atoms with Crippen molar-refractivity contribution in [2.45, 2.75) is 91.3 Å². The Balaban J connectivity index is 2.50. The van der Waals surface area contributed by atoms with E-state index in [1.807, 2.05) is 0 Å². The summed E-state index contributed by atoms with van der Waals surface area (Å²) < 4.78 is 48.1. The van der Waals surface area contributed by atoms with E-state index < -0.39 is 58.2 Å². The molecule has 0 saturated carbocycles. The highest BCUT2D eigenvalue weighted by atomic mass is 32.2. The number of urea groups is 1. The van der Waals surface area contributed by atoms with E-state index in [-0.39, 0.29) is 102 Å². The average Bonchev–Trinajstić information content (AvgIpc) is 3.16. The summed E-state index contributed by atoms with van der Waals surface area (Å²) in [5, 5.41) is 12.8. The lowest BCUT2D eigenvalue weighted by atomic mass is 10.0. The topological polar surface area (TPSA) is 318 Å². The Morgan fingerprint density at radius 3 is 2.07 bits per heavy atom. The fraction of sp³-hybridized carbons (Fsp3) is 0.611. The zero-order valence-corrected chi connectivity index (χ0v) is 34.7. The molecule has 0 fully saturated rings. The molecule has 9 N–H and O–H groups in total. The molecule has 23 heteroatoms. The van der Waals surface area contributed by atoms with Crippen LogP contribution in [0.15, 0.2) is 24.3 Å². The number of Topliss-reactive ketones (excluding diaryl/α,β-unsaturated/α-hetero) is 1. The van der Waals surface area contributed by atoms with Gasteiger partial charge >= 0.3 is 34.4 Å². The van der Waals surface area contributed by atoms with Gasteiger partial charge in [0.25, 0.3) is 0 Å². The van der Waals surface area contributed by atoms with Crippen molar-refractivity contribution in [3.8, 4) is 0 Å². The van der Waals surface area contributed by atoms with Gasteiger partial charge in [-0.3, -0.25) is 19.2 Å². The standard InChI is InChI=1S/C36H58N8O14S/c1-5-30(47)58-23-26-12-14-27(15-13-26)41-32(48)28(10-7-16-39-34(37)50)42-33(49)31(24(2)3)43-35(51)57-22-21-55-20-18-40-59(53,54)44-36(52)56-19-8-17-38-29(46)11-6-9-25(4)45/h12-15,24,28,31,40H,5-11,16-23H2,1-4H3,(H,38,46)(H,41,48)(H,42,49)(H,43,51)(H,44,52)(H3,37,39,50)/t28-,31-/m1/s1.